The molecular formula is C17H34N2O. The number of aliphatic hydroxyl groups excluding tert-OH is 1. The predicted octanol–water partition coefficient (Wildman–Crippen LogP) is 2.64. The van der Waals surface area contributed by atoms with Crippen molar-refractivity contribution >= 4 is 0 Å². The van der Waals surface area contributed by atoms with E-state index in [1.54, 1.807) is 0 Å². The number of rotatable bonds is 6. The van der Waals surface area contributed by atoms with Gasteiger partial charge >= 0.3 is 0 Å². The van der Waals surface area contributed by atoms with Crippen molar-refractivity contribution in [2.24, 2.45) is 11.3 Å². The molecule has 0 bridgehead atoms. The van der Waals surface area contributed by atoms with Gasteiger partial charge in [0.15, 0.2) is 0 Å². The van der Waals surface area contributed by atoms with Crippen LogP contribution in [0.2, 0.25) is 0 Å². The van der Waals surface area contributed by atoms with E-state index in [4.69, 9.17) is 0 Å². The van der Waals surface area contributed by atoms with Crippen LogP contribution in [0.15, 0.2) is 0 Å². The third-order valence-electron chi connectivity index (χ3n) is 5.58. The van der Waals surface area contributed by atoms with Gasteiger partial charge in [-0.05, 0) is 50.1 Å². The van der Waals surface area contributed by atoms with Crippen molar-refractivity contribution in [2.75, 3.05) is 32.8 Å². The fourth-order valence-corrected chi connectivity index (χ4v) is 4.06. The molecule has 0 aromatic carbocycles. The zero-order chi connectivity index (χ0) is 14.4. The smallest absolute Gasteiger partial charge is 0.0586 e. The maximum Gasteiger partial charge on any atom is 0.0586 e. The number of nitrogens with one attached hydrogen (secondary N) is 1. The maximum absolute atomic E-state index is 9.64. The summed E-state index contributed by atoms with van der Waals surface area (Å²) in [6.07, 6.45) is 9.25. The summed E-state index contributed by atoms with van der Waals surface area (Å²) in [5.74, 6) is 0.903. The van der Waals surface area contributed by atoms with Crippen LogP contribution >= 0.6 is 0 Å². The molecule has 118 valence electrons. The topological polar surface area (TPSA) is 35.5 Å². The third-order valence-corrected chi connectivity index (χ3v) is 5.58. The Morgan fingerprint density at radius 3 is 2.60 bits per heavy atom. The van der Waals surface area contributed by atoms with E-state index in [2.05, 4.69) is 24.1 Å². The minimum absolute atomic E-state index is 0.341. The average Bonchev–Trinajstić information content (AvgIpc) is 2.49. The van der Waals surface area contributed by atoms with Crippen molar-refractivity contribution < 1.29 is 5.11 Å². The van der Waals surface area contributed by atoms with E-state index in [0.29, 0.717) is 18.1 Å². The first kappa shape index (κ1) is 16.3. The molecule has 0 amide bonds. The number of hydrogen-bond acceptors (Lipinski definition) is 3. The first-order valence-electron chi connectivity index (χ1n) is 8.75. The second kappa shape index (κ2) is 7.77. The van der Waals surface area contributed by atoms with Gasteiger partial charge in [0.2, 0.25) is 0 Å². The highest BCUT2D eigenvalue weighted by Crippen LogP contribution is 2.40. The first-order valence-corrected chi connectivity index (χ1v) is 8.75. The Morgan fingerprint density at radius 1 is 1.20 bits per heavy atom. The van der Waals surface area contributed by atoms with Crippen LogP contribution in [-0.4, -0.2) is 48.8 Å². The lowest BCUT2D eigenvalue weighted by atomic mass is 9.70. The summed E-state index contributed by atoms with van der Waals surface area (Å²) in [7, 11) is 0. The molecule has 2 N–H and O–H groups in total. The molecular weight excluding hydrogens is 248 g/mol. The van der Waals surface area contributed by atoms with Gasteiger partial charge in [-0.25, -0.2) is 0 Å². The van der Waals surface area contributed by atoms with Crippen LogP contribution in [0.5, 0.6) is 0 Å². The second-order valence-corrected chi connectivity index (χ2v) is 7.27. The van der Waals surface area contributed by atoms with Gasteiger partial charge in [-0.3, -0.25) is 4.90 Å². The molecule has 2 rings (SSSR count). The lowest BCUT2D eigenvalue weighted by molar-refractivity contribution is 0.0251. The van der Waals surface area contributed by atoms with E-state index in [0.717, 1.165) is 19.0 Å². The monoisotopic (exact) mass is 282 g/mol. The molecule has 0 aromatic rings. The van der Waals surface area contributed by atoms with Crippen LogP contribution in [0, 0.1) is 11.3 Å². The van der Waals surface area contributed by atoms with Crippen molar-refractivity contribution in [3.8, 4) is 0 Å². The summed E-state index contributed by atoms with van der Waals surface area (Å²) in [5.41, 5.74) is 0.452. The minimum atomic E-state index is 0.341. The molecule has 1 saturated heterocycles. The largest absolute Gasteiger partial charge is 0.395 e. The van der Waals surface area contributed by atoms with Crippen LogP contribution in [0.1, 0.15) is 58.8 Å². The molecule has 2 fully saturated rings. The summed E-state index contributed by atoms with van der Waals surface area (Å²) in [4.78, 5) is 2.59. The second-order valence-electron chi connectivity index (χ2n) is 7.27. The van der Waals surface area contributed by atoms with Crippen molar-refractivity contribution in [1.82, 2.24) is 10.2 Å². The van der Waals surface area contributed by atoms with Gasteiger partial charge in [-0.1, -0.05) is 33.1 Å². The van der Waals surface area contributed by atoms with Crippen molar-refractivity contribution in [3.63, 3.8) is 0 Å². The van der Waals surface area contributed by atoms with E-state index < -0.39 is 0 Å². The van der Waals surface area contributed by atoms with Crippen molar-refractivity contribution in [1.29, 1.82) is 0 Å². The van der Waals surface area contributed by atoms with E-state index in [9.17, 15) is 5.11 Å². The number of hydrogen-bond donors (Lipinski definition) is 2. The molecule has 3 heteroatoms. The van der Waals surface area contributed by atoms with Crippen molar-refractivity contribution in [3.05, 3.63) is 0 Å². The number of nitrogens with zero attached hydrogens (tertiary/aromatic N) is 1. The first-order chi connectivity index (χ1) is 9.69. The van der Waals surface area contributed by atoms with Crippen molar-refractivity contribution in [2.45, 2.75) is 64.8 Å². The Morgan fingerprint density at radius 2 is 1.95 bits per heavy atom. The summed E-state index contributed by atoms with van der Waals surface area (Å²) in [5, 5.41) is 13.2. The molecule has 0 spiro atoms. The Balaban J connectivity index is 1.98. The standard InChI is InChI=1S/C17H34N2O/c1-3-18-13-17(9-7-15(2)8-10-17)14-19-11-5-4-6-16(19)12-20/h15-16,18,20H,3-14H2,1-2H3. The maximum atomic E-state index is 9.64. The lowest BCUT2D eigenvalue weighted by Crippen LogP contribution is -2.51. The predicted molar refractivity (Wildman–Crippen MR) is 84.9 cm³/mol. The molecule has 1 heterocycles. The zero-order valence-electron chi connectivity index (χ0n) is 13.5. The highest BCUT2D eigenvalue weighted by atomic mass is 16.3. The number of aliphatic hydroxyl groups is 1. The molecule has 1 atom stereocenters. The normalized spacial score (nSPS) is 36.1. The average molecular weight is 282 g/mol. The quantitative estimate of drug-likeness (QED) is 0.786. The fourth-order valence-electron chi connectivity index (χ4n) is 4.06. The van der Waals surface area contributed by atoms with Gasteiger partial charge in [-0.15, -0.1) is 0 Å². The highest BCUT2D eigenvalue weighted by Gasteiger charge is 2.37. The molecule has 1 unspecified atom stereocenters. The van der Waals surface area contributed by atoms with Crippen LogP contribution in [0.3, 0.4) is 0 Å². The zero-order valence-corrected chi connectivity index (χ0v) is 13.5. The molecule has 1 aliphatic heterocycles. The molecule has 0 aromatic heterocycles. The third kappa shape index (κ3) is 4.19. The van der Waals surface area contributed by atoms with E-state index >= 15 is 0 Å². The van der Waals surface area contributed by atoms with Crippen LogP contribution in [-0.2, 0) is 0 Å². The van der Waals surface area contributed by atoms with Crippen LogP contribution < -0.4 is 5.32 Å². The molecule has 2 aliphatic rings. The highest BCUT2D eigenvalue weighted by molar-refractivity contribution is 4.91. The summed E-state index contributed by atoms with van der Waals surface area (Å²) >= 11 is 0. The molecule has 3 nitrogen and oxygen atoms in total. The minimum Gasteiger partial charge on any atom is -0.395 e. The Hall–Kier alpha value is -0.120. The van der Waals surface area contributed by atoms with Gasteiger partial charge in [-0.2, -0.15) is 0 Å². The Bertz CT molecular complexity index is 269. The molecule has 1 saturated carbocycles. The van der Waals surface area contributed by atoms with Gasteiger partial charge in [0, 0.05) is 19.1 Å². The number of piperidine rings is 1. The van der Waals surface area contributed by atoms with Crippen LogP contribution in [0.4, 0.5) is 0 Å². The van der Waals surface area contributed by atoms with E-state index in [-0.39, 0.29) is 0 Å². The van der Waals surface area contributed by atoms with Crippen LogP contribution in [0.25, 0.3) is 0 Å². The fraction of sp³-hybridized carbons (Fsp3) is 1.00. The number of likely N-dealkylation sites (tertiary alicyclic amines) is 1. The summed E-state index contributed by atoms with van der Waals surface area (Å²) in [6, 6.07) is 0.418. The van der Waals surface area contributed by atoms with Gasteiger partial charge < -0.3 is 10.4 Å². The Kier molecular flexibility index (Phi) is 6.31. The van der Waals surface area contributed by atoms with Gasteiger partial charge in [0.25, 0.3) is 0 Å². The molecule has 1 aliphatic carbocycles. The lowest BCUT2D eigenvalue weighted by Gasteiger charge is -2.46. The summed E-state index contributed by atoms with van der Waals surface area (Å²) in [6.45, 7) is 9.55. The van der Waals surface area contributed by atoms with E-state index in [1.165, 1.54) is 58.0 Å². The summed E-state index contributed by atoms with van der Waals surface area (Å²) < 4.78 is 0. The van der Waals surface area contributed by atoms with Gasteiger partial charge in [0.05, 0.1) is 6.61 Å². The van der Waals surface area contributed by atoms with E-state index in [1.807, 2.05) is 0 Å². The SMILES string of the molecule is CCNCC1(CN2CCCCC2CO)CCC(C)CC1. The Labute approximate surface area is 125 Å². The molecule has 20 heavy (non-hydrogen) atoms. The molecule has 0 radical (unpaired) electrons. The van der Waals surface area contributed by atoms with Gasteiger partial charge in [0.1, 0.15) is 0 Å².